The fourth-order valence-corrected chi connectivity index (χ4v) is 5.92. The van der Waals surface area contributed by atoms with E-state index in [2.05, 4.69) is 44.3 Å². The van der Waals surface area contributed by atoms with Crippen LogP contribution in [0.25, 0.3) is 10.9 Å². The molecule has 1 unspecified atom stereocenters. The number of aromatic nitrogens is 3. The SMILES string of the molecule is Cc1cc(C(C(=O)O)N2CC(OCCCCCc3ccc4c(n3)NCCC4)C2)c2c(C(C)(C)C)nn(C)c2c1. The molecule has 2 aliphatic rings. The quantitative estimate of drug-likeness (QED) is 0.347. The standard InChI is InChI=1S/C31H43N5O3/c1-20-16-24(26-25(17-20)35(5)34-28(26)31(2,3)4)27(30(37)38)36-18-23(19-36)39-15-8-6-7-11-22-13-12-21-10-9-14-32-29(21)33-22/h12-13,16-17,23,27H,6-11,14-15,18-19H2,1-5H3,(H,32,33)(H,37,38). The molecule has 0 spiro atoms. The Morgan fingerprint density at radius 3 is 2.74 bits per heavy atom. The lowest BCUT2D eigenvalue weighted by Crippen LogP contribution is -2.55. The Balaban J connectivity index is 1.14. The molecule has 2 aliphatic heterocycles. The van der Waals surface area contributed by atoms with Gasteiger partial charge in [0.05, 0.1) is 17.3 Å². The summed E-state index contributed by atoms with van der Waals surface area (Å²) in [5.41, 5.74) is 6.10. The lowest BCUT2D eigenvalue weighted by Gasteiger charge is -2.42. The van der Waals surface area contributed by atoms with Crippen molar-refractivity contribution in [3.05, 3.63) is 52.3 Å². The van der Waals surface area contributed by atoms with Gasteiger partial charge in [-0.1, -0.05) is 39.3 Å². The summed E-state index contributed by atoms with van der Waals surface area (Å²) in [6, 6.07) is 7.80. The number of rotatable bonds is 10. The number of hydrogen-bond acceptors (Lipinski definition) is 6. The van der Waals surface area contributed by atoms with Crippen LogP contribution in [0.15, 0.2) is 24.3 Å². The highest BCUT2D eigenvalue weighted by Crippen LogP contribution is 2.38. The summed E-state index contributed by atoms with van der Waals surface area (Å²) >= 11 is 0. The molecule has 2 aromatic heterocycles. The molecule has 1 atom stereocenters. The smallest absolute Gasteiger partial charge is 0.325 e. The molecule has 8 heteroatoms. The maximum atomic E-state index is 12.6. The highest BCUT2D eigenvalue weighted by Gasteiger charge is 2.40. The van der Waals surface area contributed by atoms with E-state index in [9.17, 15) is 9.90 Å². The van der Waals surface area contributed by atoms with Gasteiger partial charge in [0.1, 0.15) is 11.9 Å². The van der Waals surface area contributed by atoms with Gasteiger partial charge in [-0.3, -0.25) is 14.4 Å². The second-order valence-electron chi connectivity index (χ2n) is 12.3. The second kappa shape index (κ2) is 11.3. The summed E-state index contributed by atoms with van der Waals surface area (Å²) < 4.78 is 8.00. The Labute approximate surface area is 231 Å². The van der Waals surface area contributed by atoms with Crippen LogP contribution in [-0.4, -0.2) is 63.1 Å². The number of hydrogen-bond donors (Lipinski definition) is 2. The zero-order valence-corrected chi connectivity index (χ0v) is 24.1. The minimum Gasteiger partial charge on any atom is -0.480 e. The molecule has 1 fully saturated rings. The van der Waals surface area contributed by atoms with Crippen LogP contribution in [0.4, 0.5) is 5.82 Å². The molecule has 2 N–H and O–H groups in total. The number of unbranched alkanes of at least 4 members (excludes halogenated alkanes) is 2. The van der Waals surface area contributed by atoms with Crippen LogP contribution in [0, 0.1) is 6.92 Å². The van der Waals surface area contributed by atoms with Gasteiger partial charge in [-0.15, -0.1) is 0 Å². The van der Waals surface area contributed by atoms with Crippen molar-refractivity contribution < 1.29 is 14.6 Å². The number of aliphatic carboxylic acids is 1. The molecule has 4 heterocycles. The van der Waals surface area contributed by atoms with Crippen LogP contribution in [0.2, 0.25) is 0 Å². The van der Waals surface area contributed by atoms with Crippen molar-refractivity contribution in [1.82, 2.24) is 19.7 Å². The van der Waals surface area contributed by atoms with Crippen LogP contribution < -0.4 is 5.32 Å². The first kappa shape index (κ1) is 27.6. The monoisotopic (exact) mass is 533 g/mol. The molecule has 1 aromatic carbocycles. The molecule has 3 aromatic rings. The van der Waals surface area contributed by atoms with Crippen LogP contribution in [0.5, 0.6) is 0 Å². The number of ether oxygens (including phenoxy) is 1. The van der Waals surface area contributed by atoms with E-state index in [-0.39, 0.29) is 11.5 Å². The molecule has 0 radical (unpaired) electrons. The average Bonchev–Trinajstić information content (AvgIpc) is 3.20. The van der Waals surface area contributed by atoms with E-state index in [1.54, 1.807) is 0 Å². The number of anilines is 1. The van der Waals surface area contributed by atoms with E-state index in [1.807, 2.05) is 29.6 Å². The van der Waals surface area contributed by atoms with Gasteiger partial charge in [0.2, 0.25) is 0 Å². The van der Waals surface area contributed by atoms with Gasteiger partial charge < -0.3 is 15.2 Å². The van der Waals surface area contributed by atoms with E-state index < -0.39 is 12.0 Å². The topological polar surface area (TPSA) is 92.5 Å². The summed E-state index contributed by atoms with van der Waals surface area (Å²) in [6.45, 7) is 11.4. The molecule has 0 amide bonds. The van der Waals surface area contributed by atoms with Gasteiger partial charge in [0, 0.05) is 49.8 Å². The number of carboxylic acid groups (broad SMARTS) is 1. The lowest BCUT2D eigenvalue weighted by atomic mass is 9.86. The van der Waals surface area contributed by atoms with Crippen molar-refractivity contribution in [3.63, 3.8) is 0 Å². The van der Waals surface area contributed by atoms with Crippen molar-refractivity contribution >= 4 is 22.7 Å². The number of carboxylic acids is 1. The van der Waals surface area contributed by atoms with E-state index in [4.69, 9.17) is 14.8 Å². The van der Waals surface area contributed by atoms with Crippen molar-refractivity contribution in [2.75, 3.05) is 31.6 Å². The van der Waals surface area contributed by atoms with Crippen molar-refractivity contribution in [2.24, 2.45) is 7.05 Å². The van der Waals surface area contributed by atoms with E-state index >= 15 is 0 Å². The fraction of sp³-hybridized carbons (Fsp3) is 0.581. The Bertz CT molecular complexity index is 1340. The van der Waals surface area contributed by atoms with Gasteiger partial charge >= 0.3 is 5.97 Å². The van der Waals surface area contributed by atoms with Crippen molar-refractivity contribution in [1.29, 1.82) is 0 Å². The molecule has 5 rings (SSSR count). The number of carbonyl (C=O) groups is 1. The highest BCUT2D eigenvalue weighted by atomic mass is 16.5. The first-order chi connectivity index (χ1) is 18.6. The predicted molar refractivity (Wildman–Crippen MR) is 154 cm³/mol. The third kappa shape index (κ3) is 5.97. The zero-order chi connectivity index (χ0) is 27.7. The Morgan fingerprint density at radius 1 is 1.21 bits per heavy atom. The second-order valence-corrected chi connectivity index (χ2v) is 12.3. The molecular weight excluding hydrogens is 490 g/mol. The average molecular weight is 534 g/mol. The minimum absolute atomic E-state index is 0.0801. The molecule has 39 heavy (non-hydrogen) atoms. The molecule has 0 saturated carbocycles. The van der Waals surface area contributed by atoms with Gasteiger partial charge in [0.25, 0.3) is 0 Å². The van der Waals surface area contributed by atoms with Gasteiger partial charge in [0.15, 0.2) is 0 Å². The minimum atomic E-state index is -0.824. The van der Waals surface area contributed by atoms with E-state index in [0.717, 1.165) is 77.9 Å². The van der Waals surface area contributed by atoms with Crippen LogP contribution in [0.3, 0.4) is 0 Å². The Kier molecular flexibility index (Phi) is 7.96. The first-order valence-corrected chi connectivity index (χ1v) is 14.4. The lowest BCUT2D eigenvalue weighted by molar-refractivity contribution is -0.150. The van der Waals surface area contributed by atoms with Crippen molar-refractivity contribution in [2.45, 2.75) is 83.8 Å². The number of benzene rings is 1. The molecule has 0 aliphatic carbocycles. The van der Waals surface area contributed by atoms with Gasteiger partial charge in [-0.25, -0.2) is 4.98 Å². The van der Waals surface area contributed by atoms with Crippen LogP contribution in [-0.2, 0) is 34.8 Å². The molecule has 210 valence electrons. The summed E-state index contributed by atoms with van der Waals surface area (Å²) in [7, 11) is 1.94. The van der Waals surface area contributed by atoms with Crippen LogP contribution in [0.1, 0.15) is 80.6 Å². The number of nitrogens with one attached hydrogen (secondary N) is 1. The number of fused-ring (bicyclic) bond motifs is 2. The predicted octanol–water partition coefficient (Wildman–Crippen LogP) is 5.17. The zero-order valence-electron chi connectivity index (χ0n) is 24.1. The summed E-state index contributed by atoms with van der Waals surface area (Å²) in [5.74, 6) is 0.246. The largest absolute Gasteiger partial charge is 0.480 e. The summed E-state index contributed by atoms with van der Waals surface area (Å²) in [5, 5.41) is 19.5. The number of nitrogens with zero attached hydrogens (tertiary/aromatic N) is 4. The molecule has 0 bridgehead atoms. The van der Waals surface area contributed by atoms with E-state index in [1.165, 1.54) is 12.0 Å². The van der Waals surface area contributed by atoms with Crippen molar-refractivity contribution in [3.8, 4) is 0 Å². The highest BCUT2D eigenvalue weighted by molar-refractivity contribution is 5.92. The Morgan fingerprint density at radius 2 is 2.00 bits per heavy atom. The Hall–Kier alpha value is -2.97. The third-order valence-electron chi connectivity index (χ3n) is 7.99. The number of pyridine rings is 1. The number of likely N-dealkylation sites (tertiary alicyclic amines) is 1. The summed E-state index contributed by atoms with van der Waals surface area (Å²) in [6.07, 6.45) is 6.57. The van der Waals surface area contributed by atoms with Gasteiger partial charge in [-0.2, -0.15) is 5.10 Å². The molecule has 8 nitrogen and oxygen atoms in total. The number of aryl methyl sites for hydroxylation is 4. The van der Waals surface area contributed by atoms with Gasteiger partial charge in [-0.05, 0) is 67.9 Å². The van der Waals surface area contributed by atoms with Crippen LogP contribution >= 0.6 is 0 Å². The third-order valence-corrected chi connectivity index (χ3v) is 7.99. The fourth-order valence-electron chi connectivity index (χ4n) is 5.92. The molecule has 1 saturated heterocycles. The maximum Gasteiger partial charge on any atom is 0.325 e. The normalized spacial score (nSPS) is 17.1. The molecular formula is C31H43N5O3. The maximum absolute atomic E-state index is 12.6. The first-order valence-electron chi connectivity index (χ1n) is 14.4. The van der Waals surface area contributed by atoms with E-state index in [0.29, 0.717) is 19.7 Å². The summed E-state index contributed by atoms with van der Waals surface area (Å²) in [4.78, 5) is 19.4.